The number of nitriles is 1. The topological polar surface area (TPSA) is 91.6 Å². The van der Waals surface area contributed by atoms with Crippen LogP contribution in [0.5, 0.6) is 17.2 Å². The number of hydrogen-bond donors (Lipinski definition) is 2. The monoisotopic (exact) mass is 604 g/mol. The van der Waals surface area contributed by atoms with Crippen LogP contribution in [0.4, 0.5) is 5.69 Å². The van der Waals surface area contributed by atoms with Gasteiger partial charge in [0, 0.05) is 10.2 Å². The quantitative estimate of drug-likeness (QED) is 0.152. The standard InChI is InChI=1S/C24H18BrIN2O4/c1-31-22-12-16(10-17(13-27)24(30)28-19-6-8-20(29)9-7-19)11-21(26)23(22)32-14-15-2-4-18(25)5-3-15/h2-12,29H,14H2,1H3,(H,28,30)/b17-10-. The summed E-state index contributed by atoms with van der Waals surface area (Å²) < 4.78 is 13.2. The number of carbonyl (C=O) groups is 1. The predicted octanol–water partition coefficient (Wildman–Crippen LogP) is 5.89. The minimum Gasteiger partial charge on any atom is -0.508 e. The van der Waals surface area contributed by atoms with Crippen molar-refractivity contribution in [2.75, 3.05) is 12.4 Å². The molecule has 0 aliphatic carbocycles. The molecule has 2 N–H and O–H groups in total. The van der Waals surface area contributed by atoms with Gasteiger partial charge in [0.1, 0.15) is 24.0 Å². The molecule has 3 rings (SSSR count). The normalized spacial score (nSPS) is 10.9. The van der Waals surface area contributed by atoms with Crippen molar-refractivity contribution < 1.29 is 19.4 Å². The lowest BCUT2D eigenvalue weighted by Crippen LogP contribution is -2.13. The van der Waals surface area contributed by atoms with Gasteiger partial charge in [-0.25, -0.2) is 0 Å². The summed E-state index contributed by atoms with van der Waals surface area (Å²) >= 11 is 5.54. The molecule has 6 nitrogen and oxygen atoms in total. The summed E-state index contributed by atoms with van der Waals surface area (Å²) in [5.41, 5.74) is 2.03. The molecule has 0 radical (unpaired) electrons. The number of phenols is 1. The van der Waals surface area contributed by atoms with E-state index in [-0.39, 0.29) is 11.3 Å². The molecule has 0 aliphatic heterocycles. The Labute approximate surface area is 207 Å². The molecular formula is C24H18BrIN2O4. The minimum atomic E-state index is -0.553. The van der Waals surface area contributed by atoms with E-state index in [4.69, 9.17) is 9.47 Å². The number of phenolic OH excluding ortho intramolecular Hbond substituents is 1. The van der Waals surface area contributed by atoms with Crippen LogP contribution in [0, 0.1) is 14.9 Å². The molecule has 3 aromatic carbocycles. The molecule has 0 fully saturated rings. The number of aromatic hydroxyl groups is 1. The van der Waals surface area contributed by atoms with Crippen LogP contribution < -0.4 is 14.8 Å². The first kappa shape index (κ1) is 23.6. The lowest BCUT2D eigenvalue weighted by molar-refractivity contribution is -0.112. The highest BCUT2D eigenvalue weighted by atomic mass is 127. The molecule has 0 aliphatic rings. The number of ether oxygens (including phenoxy) is 2. The van der Waals surface area contributed by atoms with Crippen LogP contribution in [-0.4, -0.2) is 18.1 Å². The number of hydrogen-bond acceptors (Lipinski definition) is 5. The van der Waals surface area contributed by atoms with E-state index in [1.165, 1.54) is 25.3 Å². The van der Waals surface area contributed by atoms with Gasteiger partial charge in [-0.2, -0.15) is 5.26 Å². The fourth-order valence-electron chi connectivity index (χ4n) is 2.76. The second kappa shape index (κ2) is 11.0. The maximum atomic E-state index is 12.5. The van der Waals surface area contributed by atoms with Gasteiger partial charge in [-0.1, -0.05) is 28.1 Å². The Morgan fingerprint density at radius 1 is 1.19 bits per heavy atom. The number of anilines is 1. The van der Waals surface area contributed by atoms with E-state index < -0.39 is 5.91 Å². The van der Waals surface area contributed by atoms with Gasteiger partial charge in [-0.15, -0.1) is 0 Å². The zero-order valence-corrected chi connectivity index (χ0v) is 20.7. The van der Waals surface area contributed by atoms with Crippen LogP contribution >= 0.6 is 38.5 Å². The first-order chi connectivity index (χ1) is 15.4. The summed E-state index contributed by atoms with van der Waals surface area (Å²) in [4.78, 5) is 12.5. The van der Waals surface area contributed by atoms with E-state index in [1.54, 1.807) is 18.2 Å². The molecular weight excluding hydrogens is 587 g/mol. The van der Waals surface area contributed by atoms with Crippen LogP contribution in [0.3, 0.4) is 0 Å². The van der Waals surface area contributed by atoms with Crippen molar-refractivity contribution >= 4 is 56.2 Å². The third-order valence-corrected chi connectivity index (χ3v) is 5.68. The Morgan fingerprint density at radius 2 is 1.88 bits per heavy atom. The molecule has 0 heterocycles. The van der Waals surface area contributed by atoms with Crippen LogP contribution in [-0.2, 0) is 11.4 Å². The molecule has 8 heteroatoms. The van der Waals surface area contributed by atoms with Crippen molar-refractivity contribution in [3.8, 4) is 23.3 Å². The molecule has 0 aromatic heterocycles. The number of methoxy groups -OCH3 is 1. The minimum absolute atomic E-state index is 0.0699. The molecule has 0 unspecified atom stereocenters. The van der Waals surface area contributed by atoms with Gasteiger partial charge < -0.3 is 19.9 Å². The van der Waals surface area contributed by atoms with E-state index in [1.807, 2.05) is 36.4 Å². The zero-order valence-electron chi connectivity index (χ0n) is 16.9. The predicted molar refractivity (Wildman–Crippen MR) is 135 cm³/mol. The molecule has 3 aromatic rings. The SMILES string of the molecule is COc1cc(/C=C(/C#N)C(=O)Nc2ccc(O)cc2)cc(I)c1OCc1ccc(Br)cc1. The first-order valence-electron chi connectivity index (χ1n) is 9.36. The van der Waals surface area contributed by atoms with Crippen LogP contribution in [0.1, 0.15) is 11.1 Å². The molecule has 162 valence electrons. The highest BCUT2D eigenvalue weighted by molar-refractivity contribution is 14.1. The van der Waals surface area contributed by atoms with Gasteiger partial charge in [-0.3, -0.25) is 4.79 Å². The third kappa shape index (κ3) is 6.24. The van der Waals surface area contributed by atoms with Crippen molar-refractivity contribution in [1.82, 2.24) is 0 Å². The average molecular weight is 605 g/mol. The number of amides is 1. The number of rotatable bonds is 7. The molecule has 0 saturated heterocycles. The highest BCUT2D eigenvalue weighted by Crippen LogP contribution is 2.35. The van der Waals surface area contributed by atoms with Gasteiger partial charge >= 0.3 is 0 Å². The van der Waals surface area contributed by atoms with Gasteiger partial charge in [0.25, 0.3) is 5.91 Å². The Morgan fingerprint density at radius 3 is 2.50 bits per heavy atom. The first-order valence-corrected chi connectivity index (χ1v) is 11.2. The number of carbonyl (C=O) groups excluding carboxylic acids is 1. The summed E-state index contributed by atoms with van der Waals surface area (Å²) in [5.74, 6) is 0.614. The van der Waals surface area contributed by atoms with Crippen molar-refractivity contribution in [3.63, 3.8) is 0 Å². The number of halogens is 2. The van der Waals surface area contributed by atoms with Crippen LogP contribution in [0.15, 0.2) is 70.7 Å². The molecule has 0 saturated carbocycles. The highest BCUT2D eigenvalue weighted by Gasteiger charge is 2.14. The summed E-state index contributed by atoms with van der Waals surface area (Å²) in [6, 6.07) is 19.3. The molecule has 0 atom stereocenters. The van der Waals surface area contributed by atoms with Gasteiger partial charge in [0.05, 0.1) is 10.7 Å². The zero-order chi connectivity index (χ0) is 23.1. The molecule has 1 amide bonds. The maximum Gasteiger partial charge on any atom is 0.266 e. The van der Waals surface area contributed by atoms with E-state index >= 15 is 0 Å². The third-order valence-electron chi connectivity index (χ3n) is 4.35. The second-order valence-electron chi connectivity index (χ2n) is 6.62. The fourth-order valence-corrected chi connectivity index (χ4v) is 3.80. The summed E-state index contributed by atoms with van der Waals surface area (Å²) in [6.07, 6.45) is 1.49. The van der Waals surface area contributed by atoms with Crippen molar-refractivity contribution in [1.29, 1.82) is 5.26 Å². The summed E-state index contributed by atoms with van der Waals surface area (Å²) in [6.45, 7) is 0.368. The second-order valence-corrected chi connectivity index (χ2v) is 8.70. The Bertz CT molecular complexity index is 1190. The lowest BCUT2D eigenvalue weighted by atomic mass is 10.1. The van der Waals surface area contributed by atoms with Gasteiger partial charge in [0.2, 0.25) is 0 Å². The largest absolute Gasteiger partial charge is 0.508 e. The van der Waals surface area contributed by atoms with Gasteiger partial charge in [0.15, 0.2) is 11.5 Å². The summed E-state index contributed by atoms with van der Waals surface area (Å²) in [7, 11) is 1.54. The van der Waals surface area contributed by atoms with Crippen molar-refractivity contribution in [3.05, 3.63) is 85.4 Å². The maximum absolute atomic E-state index is 12.5. The molecule has 0 spiro atoms. The Balaban J connectivity index is 1.80. The van der Waals surface area contributed by atoms with Crippen LogP contribution in [0.2, 0.25) is 0 Å². The Kier molecular flexibility index (Phi) is 8.14. The number of nitrogens with zero attached hydrogens (tertiary/aromatic N) is 1. The van der Waals surface area contributed by atoms with E-state index in [0.29, 0.717) is 29.4 Å². The fraction of sp³-hybridized carbons (Fsp3) is 0.0833. The number of nitrogens with one attached hydrogen (secondary N) is 1. The summed E-state index contributed by atoms with van der Waals surface area (Å²) in [5, 5.41) is 21.5. The lowest BCUT2D eigenvalue weighted by Gasteiger charge is -2.14. The van der Waals surface area contributed by atoms with Crippen molar-refractivity contribution in [2.24, 2.45) is 0 Å². The Hall–Kier alpha value is -3.03. The van der Waals surface area contributed by atoms with Crippen LogP contribution in [0.25, 0.3) is 6.08 Å². The van der Waals surface area contributed by atoms with E-state index in [9.17, 15) is 15.2 Å². The van der Waals surface area contributed by atoms with Crippen molar-refractivity contribution in [2.45, 2.75) is 6.61 Å². The number of benzene rings is 3. The average Bonchev–Trinajstić information content (AvgIpc) is 2.79. The van der Waals surface area contributed by atoms with E-state index in [2.05, 4.69) is 43.8 Å². The molecule has 32 heavy (non-hydrogen) atoms. The molecule has 0 bridgehead atoms. The van der Waals surface area contributed by atoms with E-state index in [0.717, 1.165) is 13.6 Å². The smallest absolute Gasteiger partial charge is 0.266 e. The van der Waals surface area contributed by atoms with Gasteiger partial charge in [-0.05, 0) is 88.3 Å².